The number of benzene rings is 3. The molecule has 168 valence electrons. The van der Waals surface area contributed by atoms with Crippen molar-refractivity contribution in [3.8, 4) is 0 Å². The average molecular weight is 445 g/mol. The van der Waals surface area contributed by atoms with Crippen molar-refractivity contribution in [2.75, 3.05) is 10.6 Å². The van der Waals surface area contributed by atoms with Gasteiger partial charge in [-0.15, -0.1) is 0 Å². The maximum atomic E-state index is 14.3. The Morgan fingerprint density at radius 1 is 0.758 bits per heavy atom. The smallest absolute Gasteiger partial charge is 0.256 e. The number of hydrogen-bond donors (Lipinski definition) is 2. The maximum Gasteiger partial charge on any atom is 0.256 e. The number of carbonyl (C=O) groups excluding carboxylic acids is 3. The number of halogens is 1. The SMILES string of the molecule is O=C(Nc1ccc(F)c(NC(=O)C2CCCCC2)c1)c1ccccc1C(=O)c1ccccc1. The number of carbonyl (C=O) groups is 3. The van der Waals surface area contributed by atoms with Gasteiger partial charge in [-0.2, -0.15) is 0 Å². The third kappa shape index (κ3) is 5.34. The molecule has 2 N–H and O–H groups in total. The van der Waals surface area contributed by atoms with Crippen molar-refractivity contribution in [1.29, 1.82) is 0 Å². The monoisotopic (exact) mass is 444 g/mol. The summed E-state index contributed by atoms with van der Waals surface area (Å²) in [5, 5.41) is 5.38. The summed E-state index contributed by atoms with van der Waals surface area (Å²) in [5.74, 6) is -1.65. The second-order valence-electron chi connectivity index (χ2n) is 8.21. The average Bonchev–Trinajstić information content (AvgIpc) is 2.86. The fourth-order valence-electron chi connectivity index (χ4n) is 4.12. The van der Waals surface area contributed by atoms with Crippen molar-refractivity contribution in [1.82, 2.24) is 0 Å². The minimum Gasteiger partial charge on any atom is -0.323 e. The highest BCUT2D eigenvalue weighted by Gasteiger charge is 2.22. The van der Waals surface area contributed by atoms with E-state index in [-0.39, 0.29) is 34.4 Å². The molecule has 1 fully saturated rings. The molecule has 33 heavy (non-hydrogen) atoms. The molecule has 0 atom stereocenters. The molecule has 3 aromatic rings. The number of amides is 2. The van der Waals surface area contributed by atoms with Crippen LogP contribution in [0.1, 0.15) is 58.4 Å². The number of hydrogen-bond acceptors (Lipinski definition) is 3. The van der Waals surface area contributed by atoms with Crippen molar-refractivity contribution in [2.24, 2.45) is 5.92 Å². The van der Waals surface area contributed by atoms with Crippen molar-refractivity contribution in [2.45, 2.75) is 32.1 Å². The Morgan fingerprint density at radius 3 is 2.15 bits per heavy atom. The van der Waals surface area contributed by atoms with Crippen LogP contribution in [0.5, 0.6) is 0 Å². The van der Waals surface area contributed by atoms with Crippen LogP contribution in [0.3, 0.4) is 0 Å². The Morgan fingerprint density at radius 2 is 1.42 bits per heavy atom. The maximum absolute atomic E-state index is 14.3. The summed E-state index contributed by atoms with van der Waals surface area (Å²) < 4.78 is 14.3. The van der Waals surface area contributed by atoms with Gasteiger partial charge in [-0.05, 0) is 37.1 Å². The summed E-state index contributed by atoms with van der Waals surface area (Å²) in [5.41, 5.74) is 1.31. The number of anilines is 2. The highest BCUT2D eigenvalue weighted by Crippen LogP contribution is 2.27. The van der Waals surface area contributed by atoms with Crippen LogP contribution in [0.4, 0.5) is 15.8 Å². The van der Waals surface area contributed by atoms with E-state index in [1.54, 1.807) is 48.5 Å². The molecular formula is C27H25FN2O3. The van der Waals surface area contributed by atoms with Crippen LogP contribution in [0.25, 0.3) is 0 Å². The molecule has 0 aromatic heterocycles. The molecule has 0 heterocycles. The molecule has 1 aliphatic carbocycles. The second kappa shape index (κ2) is 10.2. The van der Waals surface area contributed by atoms with E-state index in [0.29, 0.717) is 11.3 Å². The summed E-state index contributed by atoms with van der Waals surface area (Å²) >= 11 is 0. The van der Waals surface area contributed by atoms with Crippen LogP contribution < -0.4 is 10.6 Å². The minimum atomic E-state index is -0.572. The Labute approximate surface area is 192 Å². The molecule has 2 amide bonds. The van der Waals surface area contributed by atoms with E-state index in [0.717, 1.165) is 32.1 Å². The molecule has 4 rings (SSSR count). The van der Waals surface area contributed by atoms with Crippen molar-refractivity contribution in [3.63, 3.8) is 0 Å². The molecular weight excluding hydrogens is 419 g/mol. The zero-order valence-electron chi connectivity index (χ0n) is 18.1. The normalized spacial score (nSPS) is 13.8. The zero-order chi connectivity index (χ0) is 23.2. The Kier molecular flexibility index (Phi) is 6.93. The fourth-order valence-corrected chi connectivity index (χ4v) is 4.12. The quantitative estimate of drug-likeness (QED) is 0.470. The van der Waals surface area contributed by atoms with Gasteiger partial charge in [0.05, 0.1) is 11.3 Å². The Bertz CT molecular complexity index is 1170. The molecule has 0 spiro atoms. The standard InChI is InChI=1S/C27H25FN2O3/c28-23-16-15-20(17-24(23)30-26(32)19-11-5-2-6-12-19)29-27(33)22-14-8-7-13-21(22)25(31)18-9-3-1-4-10-18/h1,3-4,7-10,13-17,19H,2,5-6,11-12H2,(H,29,33)(H,30,32). The molecule has 5 nitrogen and oxygen atoms in total. The summed E-state index contributed by atoms with van der Waals surface area (Å²) in [4.78, 5) is 38.4. The molecule has 1 saturated carbocycles. The molecule has 6 heteroatoms. The van der Waals surface area contributed by atoms with Gasteiger partial charge in [0.25, 0.3) is 5.91 Å². The van der Waals surface area contributed by atoms with Crippen LogP contribution in [-0.4, -0.2) is 17.6 Å². The number of nitrogens with one attached hydrogen (secondary N) is 2. The third-order valence-corrected chi connectivity index (χ3v) is 5.91. The first kappa shape index (κ1) is 22.4. The summed E-state index contributed by atoms with van der Waals surface area (Å²) in [6.07, 6.45) is 4.72. The van der Waals surface area contributed by atoms with E-state index in [1.165, 1.54) is 18.2 Å². The van der Waals surface area contributed by atoms with Crippen LogP contribution >= 0.6 is 0 Å². The van der Waals surface area contributed by atoms with Crippen molar-refractivity contribution >= 4 is 29.0 Å². The second-order valence-corrected chi connectivity index (χ2v) is 8.21. The van der Waals surface area contributed by atoms with E-state index >= 15 is 0 Å². The fraction of sp³-hybridized carbons (Fsp3) is 0.222. The molecule has 3 aromatic carbocycles. The van der Waals surface area contributed by atoms with Crippen LogP contribution in [-0.2, 0) is 4.79 Å². The van der Waals surface area contributed by atoms with Gasteiger partial charge in [0, 0.05) is 22.7 Å². The van der Waals surface area contributed by atoms with Crippen molar-refractivity contribution < 1.29 is 18.8 Å². The largest absolute Gasteiger partial charge is 0.323 e. The first-order chi connectivity index (χ1) is 16.0. The Hall–Kier alpha value is -3.80. The van der Waals surface area contributed by atoms with Crippen LogP contribution in [0, 0.1) is 11.7 Å². The third-order valence-electron chi connectivity index (χ3n) is 5.91. The summed E-state index contributed by atoms with van der Waals surface area (Å²) in [7, 11) is 0. The van der Waals surface area contributed by atoms with Gasteiger partial charge in [-0.25, -0.2) is 4.39 Å². The lowest BCUT2D eigenvalue weighted by Gasteiger charge is -2.21. The predicted molar refractivity (Wildman–Crippen MR) is 126 cm³/mol. The number of ketones is 1. The van der Waals surface area contributed by atoms with Gasteiger partial charge in [0.1, 0.15) is 5.82 Å². The predicted octanol–water partition coefficient (Wildman–Crippen LogP) is 5.83. The van der Waals surface area contributed by atoms with Crippen molar-refractivity contribution in [3.05, 3.63) is 95.3 Å². The van der Waals surface area contributed by atoms with E-state index in [9.17, 15) is 18.8 Å². The van der Waals surface area contributed by atoms with E-state index < -0.39 is 11.7 Å². The van der Waals surface area contributed by atoms with Gasteiger partial charge in [0.2, 0.25) is 5.91 Å². The van der Waals surface area contributed by atoms with E-state index in [1.807, 2.05) is 6.07 Å². The van der Waals surface area contributed by atoms with E-state index in [2.05, 4.69) is 10.6 Å². The summed E-state index contributed by atoms with van der Waals surface area (Å²) in [6, 6.07) is 19.3. The van der Waals surface area contributed by atoms with Crippen LogP contribution in [0.2, 0.25) is 0 Å². The molecule has 0 unspecified atom stereocenters. The van der Waals surface area contributed by atoms with E-state index in [4.69, 9.17) is 0 Å². The van der Waals surface area contributed by atoms with Gasteiger partial charge in [-0.3, -0.25) is 14.4 Å². The summed E-state index contributed by atoms with van der Waals surface area (Å²) in [6.45, 7) is 0. The molecule has 0 bridgehead atoms. The lowest BCUT2D eigenvalue weighted by molar-refractivity contribution is -0.120. The topological polar surface area (TPSA) is 75.3 Å². The molecule has 0 radical (unpaired) electrons. The lowest BCUT2D eigenvalue weighted by Crippen LogP contribution is -2.25. The number of rotatable bonds is 6. The first-order valence-electron chi connectivity index (χ1n) is 11.1. The van der Waals surface area contributed by atoms with Gasteiger partial charge in [0.15, 0.2) is 5.78 Å². The molecule has 1 aliphatic rings. The van der Waals surface area contributed by atoms with Gasteiger partial charge in [-0.1, -0.05) is 67.8 Å². The first-order valence-corrected chi connectivity index (χ1v) is 11.1. The molecule has 0 aliphatic heterocycles. The Balaban J connectivity index is 1.52. The zero-order valence-corrected chi connectivity index (χ0v) is 18.1. The highest BCUT2D eigenvalue weighted by atomic mass is 19.1. The van der Waals surface area contributed by atoms with Gasteiger partial charge < -0.3 is 10.6 Å². The van der Waals surface area contributed by atoms with Crippen LogP contribution in [0.15, 0.2) is 72.8 Å². The van der Waals surface area contributed by atoms with Gasteiger partial charge >= 0.3 is 0 Å². The highest BCUT2D eigenvalue weighted by molar-refractivity contribution is 6.17. The molecule has 0 saturated heterocycles. The lowest BCUT2D eigenvalue weighted by atomic mass is 9.88. The minimum absolute atomic E-state index is 0.0250.